The zero-order chi connectivity index (χ0) is 11.4. The Morgan fingerprint density at radius 3 is 2.60 bits per heavy atom. The van der Waals surface area contributed by atoms with Gasteiger partial charge < -0.3 is 14.6 Å². The number of hydrogen-bond acceptors (Lipinski definition) is 3. The van der Waals surface area contributed by atoms with E-state index in [9.17, 15) is 4.79 Å². The molecule has 4 nitrogen and oxygen atoms in total. The number of carboxylic acid groups (broad SMARTS) is 1. The summed E-state index contributed by atoms with van der Waals surface area (Å²) in [5, 5.41) is 8.80. The molecule has 0 bridgehead atoms. The predicted molar refractivity (Wildman–Crippen MR) is 55.7 cm³/mol. The summed E-state index contributed by atoms with van der Waals surface area (Å²) in [5.41, 5.74) is 1.05. The first-order valence-corrected chi connectivity index (χ1v) is 5.07. The largest absolute Gasteiger partial charge is 0.481 e. The molecule has 15 heavy (non-hydrogen) atoms. The smallest absolute Gasteiger partial charge is 0.303 e. The van der Waals surface area contributed by atoms with E-state index in [0.717, 1.165) is 12.0 Å². The molecule has 0 saturated heterocycles. The lowest BCUT2D eigenvalue weighted by Gasteiger charge is -2.17. The Labute approximate surface area is 89.9 Å². The van der Waals surface area contributed by atoms with Crippen molar-refractivity contribution in [1.29, 1.82) is 0 Å². The minimum atomic E-state index is -0.772. The van der Waals surface area contributed by atoms with Gasteiger partial charge in [-0.1, -0.05) is 6.08 Å². The fraction of sp³-hybridized carbons (Fsp3) is 0.727. The van der Waals surface area contributed by atoms with Crippen LogP contribution in [0.1, 0.15) is 19.8 Å². The molecular weight excluding hydrogens is 196 g/mol. The third kappa shape index (κ3) is 2.58. The molecule has 1 N–H and O–H groups in total. The fourth-order valence-electron chi connectivity index (χ4n) is 2.31. The number of aliphatic carboxylic acids is 1. The first-order valence-electron chi connectivity index (χ1n) is 5.07. The summed E-state index contributed by atoms with van der Waals surface area (Å²) in [7, 11) is 3.26. The zero-order valence-corrected chi connectivity index (χ0v) is 9.40. The van der Waals surface area contributed by atoms with E-state index < -0.39 is 5.97 Å². The van der Waals surface area contributed by atoms with Gasteiger partial charge in [0.2, 0.25) is 0 Å². The van der Waals surface area contributed by atoms with Gasteiger partial charge in [-0.05, 0) is 24.8 Å². The van der Waals surface area contributed by atoms with Crippen molar-refractivity contribution in [2.45, 2.75) is 32.0 Å². The van der Waals surface area contributed by atoms with Crippen molar-refractivity contribution in [3.63, 3.8) is 0 Å². The number of carboxylic acids is 1. The van der Waals surface area contributed by atoms with Crippen LogP contribution in [0.4, 0.5) is 0 Å². The van der Waals surface area contributed by atoms with Crippen molar-refractivity contribution < 1.29 is 19.4 Å². The molecule has 1 aliphatic rings. The molecule has 1 saturated carbocycles. The topological polar surface area (TPSA) is 55.8 Å². The van der Waals surface area contributed by atoms with E-state index in [2.05, 4.69) is 0 Å². The lowest BCUT2D eigenvalue weighted by atomic mass is 9.98. The van der Waals surface area contributed by atoms with Gasteiger partial charge in [-0.3, -0.25) is 4.79 Å². The van der Waals surface area contributed by atoms with E-state index in [1.165, 1.54) is 0 Å². The van der Waals surface area contributed by atoms with E-state index in [-0.39, 0.29) is 24.5 Å². The standard InChI is InChI=1S/C11H18O4/c1-4-8-7(6-10(12)13)5-9(14-2)11(8)15-3/h4,7,9,11H,5-6H2,1-3H3,(H,12,13)/b8-4+/t7-,9+,11-/m0/s1. The van der Waals surface area contributed by atoms with Gasteiger partial charge in [0.05, 0.1) is 12.5 Å². The Kier molecular flexibility index (Phi) is 4.29. The van der Waals surface area contributed by atoms with Crippen LogP contribution in [-0.4, -0.2) is 37.5 Å². The highest BCUT2D eigenvalue weighted by Crippen LogP contribution is 2.37. The minimum Gasteiger partial charge on any atom is -0.481 e. The van der Waals surface area contributed by atoms with Crippen LogP contribution in [-0.2, 0) is 14.3 Å². The molecule has 0 amide bonds. The normalized spacial score (nSPS) is 33.5. The molecule has 0 radical (unpaired) electrons. The van der Waals surface area contributed by atoms with Gasteiger partial charge in [0.15, 0.2) is 0 Å². The monoisotopic (exact) mass is 214 g/mol. The molecule has 0 aromatic heterocycles. The van der Waals surface area contributed by atoms with Crippen molar-refractivity contribution >= 4 is 5.97 Å². The molecule has 1 aliphatic carbocycles. The number of rotatable bonds is 4. The lowest BCUT2D eigenvalue weighted by Crippen LogP contribution is -2.24. The molecule has 4 heteroatoms. The van der Waals surface area contributed by atoms with E-state index in [1.807, 2.05) is 13.0 Å². The Balaban J connectivity index is 2.79. The molecule has 0 aromatic rings. The summed E-state index contributed by atoms with van der Waals surface area (Å²) in [6.07, 6.45) is 2.70. The maximum absolute atomic E-state index is 10.7. The van der Waals surface area contributed by atoms with Gasteiger partial charge in [-0.2, -0.15) is 0 Å². The zero-order valence-electron chi connectivity index (χ0n) is 9.40. The molecule has 0 aliphatic heterocycles. The first kappa shape index (κ1) is 12.2. The summed E-state index contributed by atoms with van der Waals surface area (Å²) in [4.78, 5) is 10.7. The van der Waals surface area contributed by atoms with Crippen LogP contribution in [0.25, 0.3) is 0 Å². The van der Waals surface area contributed by atoms with Crippen LogP contribution in [0.5, 0.6) is 0 Å². The number of allylic oxidation sites excluding steroid dienone is 1. The summed E-state index contributed by atoms with van der Waals surface area (Å²) >= 11 is 0. The second-order valence-electron chi connectivity index (χ2n) is 3.75. The summed E-state index contributed by atoms with van der Waals surface area (Å²) in [6, 6.07) is 0. The summed E-state index contributed by atoms with van der Waals surface area (Å²) in [5.74, 6) is -0.728. The Bertz CT molecular complexity index is 259. The van der Waals surface area contributed by atoms with Crippen molar-refractivity contribution in [3.8, 4) is 0 Å². The Morgan fingerprint density at radius 1 is 1.53 bits per heavy atom. The van der Waals surface area contributed by atoms with Crippen LogP contribution in [0.15, 0.2) is 11.6 Å². The molecule has 3 atom stereocenters. The van der Waals surface area contributed by atoms with Crippen molar-refractivity contribution in [2.75, 3.05) is 14.2 Å². The summed E-state index contributed by atoms with van der Waals surface area (Å²) < 4.78 is 10.6. The Morgan fingerprint density at radius 2 is 2.20 bits per heavy atom. The van der Waals surface area contributed by atoms with E-state index >= 15 is 0 Å². The highest BCUT2D eigenvalue weighted by Gasteiger charge is 2.39. The van der Waals surface area contributed by atoms with Gasteiger partial charge >= 0.3 is 5.97 Å². The number of hydrogen-bond donors (Lipinski definition) is 1. The fourth-order valence-corrected chi connectivity index (χ4v) is 2.31. The van der Waals surface area contributed by atoms with Crippen molar-refractivity contribution in [1.82, 2.24) is 0 Å². The van der Waals surface area contributed by atoms with Crippen LogP contribution >= 0.6 is 0 Å². The first-order chi connectivity index (χ1) is 7.13. The van der Waals surface area contributed by atoms with E-state index in [4.69, 9.17) is 14.6 Å². The highest BCUT2D eigenvalue weighted by molar-refractivity contribution is 5.67. The number of carbonyl (C=O) groups is 1. The maximum Gasteiger partial charge on any atom is 0.303 e. The van der Waals surface area contributed by atoms with Gasteiger partial charge in [0, 0.05) is 14.2 Å². The second-order valence-corrected chi connectivity index (χ2v) is 3.75. The average Bonchev–Trinajstić information content (AvgIpc) is 2.53. The molecule has 1 rings (SSSR count). The summed E-state index contributed by atoms with van der Waals surface area (Å²) in [6.45, 7) is 1.91. The molecule has 0 unspecified atom stereocenters. The molecule has 1 fully saturated rings. The molecular formula is C11H18O4. The van der Waals surface area contributed by atoms with Gasteiger partial charge in [-0.15, -0.1) is 0 Å². The quantitative estimate of drug-likeness (QED) is 0.720. The van der Waals surface area contributed by atoms with E-state index in [0.29, 0.717) is 0 Å². The van der Waals surface area contributed by atoms with Crippen LogP contribution in [0.2, 0.25) is 0 Å². The highest BCUT2D eigenvalue weighted by atomic mass is 16.5. The second kappa shape index (κ2) is 5.28. The van der Waals surface area contributed by atoms with E-state index in [1.54, 1.807) is 14.2 Å². The van der Waals surface area contributed by atoms with Crippen LogP contribution < -0.4 is 0 Å². The average molecular weight is 214 g/mol. The molecule has 0 aromatic carbocycles. The van der Waals surface area contributed by atoms with Gasteiger partial charge in [-0.25, -0.2) is 0 Å². The van der Waals surface area contributed by atoms with Gasteiger partial charge in [0.1, 0.15) is 6.10 Å². The van der Waals surface area contributed by atoms with Crippen molar-refractivity contribution in [3.05, 3.63) is 11.6 Å². The van der Waals surface area contributed by atoms with Crippen molar-refractivity contribution in [2.24, 2.45) is 5.92 Å². The number of methoxy groups -OCH3 is 2. The molecule has 0 heterocycles. The van der Waals surface area contributed by atoms with Crippen LogP contribution in [0.3, 0.4) is 0 Å². The van der Waals surface area contributed by atoms with Crippen LogP contribution in [0, 0.1) is 5.92 Å². The molecule has 0 spiro atoms. The number of ether oxygens (including phenoxy) is 2. The molecule has 86 valence electrons. The third-order valence-corrected chi connectivity index (χ3v) is 2.97. The SMILES string of the molecule is C/C=C1\[C@H](CC(=O)O)C[C@@H](OC)[C@H]1OC. The minimum absolute atomic E-state index is 0.0226. The lowest BCUT2D eigenvalue weighted by molar-refractivity contribution is -0.137. The predicted octanol–water partition coefficient (Wildman–Crippen LogP) is 1.46. The maximum atomic E-state index is 10.7. The Hall–Kier alpha value is -0.870. The third-order valence-electron chi connectivity index (χ3n) is 2.97. The van der Waals surface area contributed by atoms with Gasteiger partial charge in [0.25, 0.3) is 0 Å².